The number of hydrogen-bond acceptors (Lipinski definition) is 5. The summed E-state index contributed by atoms with van der Waals surface area (Å²) in [6.07, 6.45) is -1.80. The Morgan fingerprint density at radius 3 is 2.40 bits per heavy atom. The third kappa shape index (κ3) is 5.24. The van der Waals surface area contributed by atoms with E-state index in [2.05, 4.69) is 15.3 Å². The van der Waals surface area contributed by atoms with E-state index in [1.807, 2.05) is 0 Å². The highest BCUT2D eigenvalue weighted by Gasteiger charge is 2.39. The van der Waals surface area contributed by atoms with Gasteiger partial charge in [-0.2, -0.15) is 13.2 Å². The van der Waals surface area contributed by atoms with Gasteiger partial charge in [0.25, 0.3) is 11.8 Å². The molecule has 0 unspecified atom stereocenters. The summed E-state index contributed by atoms with van der Waals surface area (Å²) in [5, 5.41) is 2.99. The number of pyridine rings is 2. The van der Waals surface area contributed by atoms with E-state index in [9.17, 15) is 27.6 Å². The number of amides is 4. The van der Waals surface area contributed by atoms with Crippen molar-refractivity contribution in [2.45, 2.75) is 12.6 Å². The molecule has 4 amide bonds. The highest BCUT2D eigenvalue weighted by molar-refractivity contribution is 6.30. The Morgan fingerprint density at radius 2 is 1.74 bits per heavy atom. The summed E-state index contributed by atoms with van der Waals surface area (Å²) in [5.41, 5.74) is -1.54. The second-order valence-electron chi connectivity index (χ2n) is 7.51. The van der Waals surface area contributed by atoms with Gasteiger partial charge in [0.1, 0.15) is 11.6 Å². The summed E-state index contributed by atoms with van der Waals surface area (Å²) in [6.45, 7) is 0.172. The number of halogens is 4. The van der Waals surface area contributed by atoms with Crippen LogP contribution in [0, 0.1) is 0 Å². The monoisotopic (exact) mass is 503 g/mol. The van der Waals surface area contributed by atoms with Gasteiger partial charge in [0.2, 0.25) is 0 Å². The number of nitrogens with one attached hydrogen (secondary N) is 1. The predicted octanol–water partition coefficient (Wildman–Crippen LogP) is 4.87. The highest BCUT2D eigenvalue weighted by atomic mass is 35.5. The normalized spacial score (nSPS) is 14.1. The summed E-state index contributed by atoms with van der Waals surface area (Å²) < 4.78 is 40.1. The maximum absolute atomic E-state index is 13.4. The van der Waals surface area contributed by atoms with Crippen molar-refractivity contribution in [2.24, 2.45) is 0 Å². The van der Waals surface area contributed by atoms with Crippen LogP contribution in [0.15, 0.2) is 60.9 Å². The summed E-state index contributed by atoms with van der Waals surface area (Å²) in [7, 11) is 0. The van der Waals surface area contributed by atoms with Crippen LogP contribution < -0.4 is 10.2 Å². The summed E-state index contributed by atoms with van der Waals surface area (Å²) in [4.78, 5) is 48.4. The van der Waals surface area contributed by atoms with Crippen LogP contribution >= 0.6 is 11.6 Å². The Morgan fingerprint density at radius 1 is 0.971 bits per heavy atom. The third-order valence-corrected chi connectivity index (χ3v) is 5.41. The molecule has 1 aromatic carbocycles. The van der Waals surface area contributed by atoms with Crippen molar-refractivity contribution >= 4 is 41.1 Å². The van der Waals surface area contributed by atoms with Crippen LogP contribution in [0.25, 0.3) is 0 Å². The van der Waals surface area contributed by atoms with Gasteiger partial charge in [-0.15, -0.1) is 0 Å². The Hall–Kier alpha value is -3.99. The Bertz CT molecular complexity index is 1270. The smallest absolute Gasteiger partial charge is 0.307 e. The quantitative estimate of drug-likeness (QED) is 0.548. The molecule has 3 heterocycles. The van der Waals surface area contributed by atoms with Gasteiger partial charge >= 0.3 is 12.2 Å². The molecule has 0 saturated carbocycles. The lowest BCUT2D eigenvalue weighted by atomic mass is 10.1. The van der Waals surface area contributed by atoms with E-state index in [0.717, 1.165) is 17.0 Å². The highest BCUT2D eigenvalue weighted by Crippen LogP contribution is 2.33. The average molecular weight is 504 g/mol. The second kappa shape index (κ2) is 9.71. The number of alkyl halides is 3. The molecule has 1 fully saturated rings. The molecule has 8 nitrogen and oxygen atoms in total. The van der Waals surface area contributed by atoms with Crippen LogP contribution in [0.2, 0.25) is 5.02 Å². The fraction of sp³-hybridized carbons (Fsp3) is 0.174. The number of rotatable bonds is 4. The molecule has 12 heteroatoms. The van der Waals surface area contributed by atoms with Gasteiger partial charge in [0.05, 0.1) is 21.7 Å². The summed E-state index contributed by atoms with van der Waals surface area (Å²) in [6, 6.07) is 9.45. The molecule has 0 spiro atoms. The van der Waals surface area contributed by atoms with E-state index in [-0.39, 0.29) is 30.3 Å². The van der Waals surface area contributed by atoms with Gasteiger partial charge in [-0.25, -0.2) is 14.8 Å². The van der Waals surface area contributed by atoms with E-state index in [4.69, 9.17) is 11.6 Å². The number of carbonyl (C=O) groups is 3. The molecule has 1 aliphatic rings. The summed E-state index contributed by atoms with van der Waals surface area (Å²) >= 11 is 5.77. The molecule has 0 bridgehead atoms. The number of carbonyl (C=O) groups excluding carboxylic acids is 3. The number of nitrogens with zero attached hydrogens (tertiary/aromatic N) is 4. The lowest BCUT2D eigenvalue weighted by molar-refractivity contribution is -0.138. The first-order chi connectivity index (χ1) is 16.6. The molecule has 3 aromatic rings. The van der Waals surface area contributed by atoms with Crippen LogP contribution in [0.1, 0.15) is 32.7 Å². The second-order valence-corrected chi connectivity index (χ2v) is 7.95. The van der Waals surface area contributed by atoms with Crippen molar-refractivity contribution in [3.05, 3.63) is 82.6 Å². The molecule has 1 N–H and O–H groups in total. The number of imide groups is 1. The van der Waals surface area contributed by atoms with Crippen LogP contribution in [-0.2, 0) is 6.18 Å². The largest absolute Gasteiger partial charge is 0.417 e. The van der Waals surface area contributed by atoms with Crippen LogP contribution in [0.3, 0.4) is 0 Å². The van der Waals surface area contributed by atoms with Crippen LogP contribution in [-0.4, -0.2) is 45.8 Å². The molecule has 35 heavy (non-hydrogen) atoms. The van der Waals surface area contributed by atoms with E-state index in [0.29, 0.717) is 11.4 Å². The van der Waals surface area contributed by atoms with Crippen molar-refractivity contribution in [1.29, 1.82) is 0 Å². The predicted molar refractivity (Wildman–Crippen MR) is 121 cm³/mol. The zero-order valence-corrected chi connectivity index (χ0v) is 18.7. The summed E-state index contributed by atoms with van der Waals surface area (Å²) in [5.74, 6) is -1.11. The van der Waals surface area contributed by atoms with Gasteiger partial charge in [0.15, 0.2) is 0 Å². The first-order valence-electron chi connectivity index (χ1n) is 10.3. The van der Waals surface area contributed by atoms with Crippen molar-refractivity contribution in [1.82, 2.24) is 14.9 Å². The van der Waals surface area contributed by atoms with Crippen LogP contribution in [0.4, 0.5) is 29.6 Å². The van der Waals surface area contributed by atoms with Gasteiger partial charge in [-0.05, 0) is 42.8 Å². The molecule has 0 radical (unpaired) electrons. The average Bonchev–Trinajstić information content (AvgIpc) is 2.85. The number of benzene rings is 1. The van der Waals surface area contributed by atoms with E-state index in [1.165, 1.54) is 47.6 Å². The number of hydrogen-bond donors (Lipinski definition) is 1. The van der Waals surface area contributed by atoms with Gasteiger partial charge < -0.3 is 5.32 Å². The van der Waals surface area contributed by atoms with Crippen molar-refractivity contribution in [3.63, 3.8) is 0 Å². The van der Waals surface area contributed by atoms with Crippen molar-refractivity contribution < 1.29 is 27.6 Å². The molecule has 4 rings (SSSR count). The number of anilines is 2. The van der Waals surface area contributed by atoms with Crippen LogP contribution in [0.5, 0.6) is 0 Å². The zero-order chi connectivity index (χ0) is 25.2. The van der Waals surface area contributed by atoms with Crippen molar-refractivity contribution in [2.75, 3.05) is 23.3 Å². The SMILES string of the molecule is O=C(Nc1ccc(Cl)cn1)c1ccc(N2CCCN(C(=O)c3ccccc3C(F)(F)F)C2=O)nc1. The Kier molecular flexibility index (Phi) is 6.70. The molecular weight excluding hydrogens is 487 g/mol. The van der Waals surface area contributed by atoms with E-state index >= 15 is 0 Å². The molecule has 0 atom stereocenters. The molecular formula is C23H17ClF3N5O3. The standard InChI is InChI=1S/C23H17ClF3N5O3/c24-15-7-8-18(28-13-15)30-20(33)14-6-9-19(29-12-14)31-10-3-11-32(22(31)35)21(34)16-4-1-2-5-17(16)23(25,26)27/h1-2,4-9,12-13H,3,10-11H2,(H,28,30,33). The first kappa shape index (κ1) is 24.1. The fourth-order valence-electron chi connectivity index (χ4n) is 3.51. The molecule has 2 aromatic heterocycles. The van der Waals surface area contributed by atoms with E-state index < -0.39 is 35.1 Å². The van der Waals surface area contributed by atoms with Crippen molar-refractivity contribution in [3.8, 4) is 0 Å². The molecule has 1 aliphatic heterocycles. The van der Waals surface area contributed by atoms with E-state index in [1.54, 1.807) is 6.07 Å². The molecule has 1 saturated heterocycles. The fourth-order valence-corrected chi connectivity index (χ4v) is 3.62. The minimum absolute atomic E-state index is 0.0328. The topological polar surface area (TPSA) is 95.5 Å². The van der Waals surface area contributed by atoms with Gasteiger partial charge in [0, 0.05) is 25.5 Å². The molecule has 180 valence electrons. The lowest BCUT2D eigenvalue weighted by Gasteiger charge is -2.34. The zero-order valence-electron chi connectivity index (χ0n) is 17.9. The maximum atomic E-state index is 13.4. The number of urea groups is 1. The minimum Gasteiger partial charge on any atom is -0.307 e. The molecule has 0 aliphatic carbocycles. The first-order valence-corrected chi connectivity index (χ1v) is 10.7. The third-order valence-electron chi connectivity index (χ3n) is 5.19. The Labute approximate surface area is 202 Å². The minimum atomic E-state index is -4.75. The van der Waals surface area contributed by atoms with Gasteiger partial charge in [-0.1, -0.05) is 23.7 Å². The van der Waals surface area contributed by atoms with Gasteiger partial charge in [-0.3, -0.25) is 19.4 Å². The lowest BCUT2D eigenvalue weighted by Crippen LogP contribution is -2.52. The number of aromatic nitrogens is 2. The Balaban J connectivity index is 1.50. The maximum Gasteiger partial charge on any atom is 0.417 e.